The van der Waals surface area contributed by atoms with Gasteiger partial charge in [0.2, 0.25) is 0 Å². The maximum atomic E-state index is 5.67. The van der Waals surface area contributed by atoms with Crippen molar-refractivity contribution < 1.29 is 9.47 Å². The summed E-state index contributed by atoms with van der Waals surface area (Å²) in [5.41, 5.74) is 0.193. The SMILES string of the molecule is CCCCOCCOCC(C)(C)CNCC(C)C. The van der Waals surface area contributed by atoms with E-state index in [1.165, 1.54) is 6.42 Å². The minimum atomic E-state index is 0.193. The van der Waals surface area contributed by atoms with Gasteiger partial charge in [-0.05, 0) is 18.9 Å². The summed E-state index contributed by atoms with van der Waals surface area (Å²) in [6.07, 6.45) is 2.33. The van der Waals surface area contributed by atoms with E-state index in [0.29, 0.717) is 12.5 Å². The van der Waals surface area contributed by atoms with Crippen molar-refractivity contribution in [1.29, 1.82) is 0 Å². The van der Waals surface area contributed by atoms with Crippen LogP contribution in [0.5, 0.6) is 0 Å². The zero-order valence-corrected chi connectivity index (χ0v) is 13.1. The third-order valence-corrected chi connectivity index (χ3v) is 2.66. The lowest BCUT2D eigenvalue weighted by atomic mass is 9.94. The van der Waals surface area contributed by atoms with Crippen LogP contribution in [0, 0.1) is 11.3 Å². The summed E-state index contributed by atoms with van der Waals surface area (Å²) in [5, 5.41) is 3.48. The van der Waals surface area contributed by atoms with Crippen LogP contribution in [0.25, 0.3) is 0 Å². The number of rotatable bonds is 12. The molecule has 0 fully saturated rings. The Labute approximate surface area is 114 Å². The van der Waals surface area contributed by atoms with Gasteiger partial charge in [-0.3, -0.25) is 0 Å². The lowest BCUT2D eigenvalue weighted by Crippen LogP contribution is -2.35. The first kappa shape index (κ1) is 17.9. The van der Waals surface area contributed by atoms with E-state index in [9.17, 15) is 0 Å². The summed E-state index contributed by atoms with van der Waals surface area (Å²) >= 11 is 0. The Hall–Kier alpha value is -0.120. The highest BCUT2D eigenvalue weighted by Crippen LogP contribution is 2.13. The fourth-order valence-electron chi connectivity index (χ4n) is 1.57. The van der Waals surface area contributed by atoms with E-state index in [1.54, 1.807) is 0 Å². The molecule has 0 radical (unpaired) electrons. The number of hydrogen-bond donors (Lipinski definition) is 1. The molecule has 0 spiro atoms. The Morgan fingerprint density at radius 1 is 1.06 bits per heavy atom. The molecule has 0 rings (SSSR count). The number of unbranched alkanes of at least 4 members (excludes halogenated alkanes) is 1. The Morgan fingerprint density at radius 2 is 1.72 bits per heavy atom. The third kappa shape index (κ3) is 12.3. The van der Waals surface area contributed by atoms with Gasteiger partial charge in [0.05, 0.1) is 19.8 Å². The second-order valence-corrected chi connectivity index (χ2v) is 6.21. The van der Waals surface area contributed by atoms with Crippen molar-refractivity contribution in [3.05, 3.63) is 0 Å². The highest BCUT2D eigenvalue weighted by molar-refractivity contribution is 4.71. The maximum absolute atomic E-state index is 5.67. The second-order valence-electron chi connectivity index (χ2n) is 6.21. The summed E-state index contributed by atoms with van der Waals surface area (Å²) in [5.74, 6) is 0.702. The molecule has 0 heterocycles. The van der Waals surface area contributed by atoms with E-state index in [0.717, 1.165) is 39.3 Å². The van der Waals surface area contributed by atoms with Crippen molar-refractivity contribution >= 4 is 0 Å². The predicted molar refractivity (Wildman–Crippen MR) is 78.0 cm³/mol. The Balaban J connectivity index is 3.40. The van der Waals surface area contributed by atoms with Gasteiger partial charge in [0.15, 0.2) is 0 Å². The molecule has 0 atom stereocenters. The molecule has 18 heavy (non-hydrogen) atoms. The molecule has 0 aliphatic carbocycles. The molecular weight excluding hydrogens is 226 g/mol. The fraction of sp³-hybridized carbons (Fsp3) is 1.00. The van der Waals surface area contributed by atoms with Gasteiger partial charge in [0.25, 0.3) is 0 Å². The van der Waals surface area contributed by atoms with Crippen LogP contribution in [0.1, 0.15) is 47.5 Å². The van der Waals surface area contributed by atoms with Gasteiger partial charge in [-0.2, -0.15) is 0 Å². The van der Waals surface area contributed by atoms with Crippen LogP contribution in [0.15, 0.2) is 0 Å². The summed E-state index contributed by atoms with van der Waals surface area (Å²) in [6.45, 7) is 16.2. The first-order chi connectivity index (χ1) is 8.48. The second kappa shape index (κ2) is 10.8. The molecule has 0 aromatic heterocycles. The van der Waals surface area contributed by atoms with Gasteiger partial charge < -0.3 is 14.8 Å². The van der Waals surface area contributed by atoms with Gasteiger partial charge in [-0.15, -0.1) is 0 Å². The highest BCUT2D eigenvalue weighted by atomic mass is 16.5. The van der Waals surface area contributed by atoms with Crippen molar-refractivity contribution in [2.24, 2.45) is 11.3 Å². The number of hydrogen-bond acceptors (Lipinski definition) is 3. The van der Waals surface area contributed by atoms with Gasteiger partial charge >= 0.3 is 0 Å². The van der Waals surface area contributed by atoms with E-state index in [-0.39, 0.29) is 5.41 Å². The van der Waals surface area contributed by atoms with Gasteiger partial charge in [0.1, 0.15) is 0 Å². The first-order valence-corrected chi connectivity index (χ1v) is 7.34. The highest BCUT2D eigenvalue weighted by Gasteiger charge is 2.17. The Kier molecular flexibility index (Phi) is 10.7. The molecule has 0 aromatic rings. The summed E-state index contributed by atoms with van der Waals surface area (Å²) in [4.78, 5) is 0. The van der Waals surface area contributed by atoms with Crippen LogP contribution >= 0.6 is 0 Å². The summed E-state index contributed by atoms with van der Waals surface area (Å²) in [7, 11) is 0. The van der Waals surface area contributed by atoms with E-state index < -0.39 is 0 Å². The molecule has 110 valence electrons. The molecular formula is C15H33NO2. The fourth-order valence-corrected chi connectivity index (χ4v) is 1.57. The van der Waals surface area contributed by atoms with Gasteiger partial charge in [-0.1, -0.05) is 41.0 Å². The predicted octanol–water partition coefficient (Wildman–Crippen LogP) is 3.09. The molecule has 0 amide bonds. The van der Waals surface area contributed by atoms with Crippen molar-refractivity contribution in [2.75, 3.05) is 39.5 Å². The molecule has 1 N–H and O–H groups in total. The van der Waals surface area contributed by atoms with Crippen LogP contribution in [-0.2, 0) is 9.47 Å². The topological polar surface area (TPSA) is 30.5 Å². The van der Waals surface area contributed by atoms with E-state index in [1.807, 2.05) is 0 Å². The first-order valence-electron chi connectivity index (χ1n) is 7.34. The van der Waals surface area contributed by atoms with Crippen LogP contribution in [0.3, 0.4) is 0 Å². The van der Waals surface area contributed by atoms with Crippen molar-refractivity contribution in [1.82, 2.24) is 5.32 Å². The lowest BCUT2D eigenvalue weighted by Gasteiger charge is -2.25. The largest absolute Gasteiger partial charge is 0.379 e. The molecule has 0 saturated carbocycles. The van der Waals surface area contributed by atoms with E-state index in [2.05, 4.69) is 39.9 Å². The van der Waals surface area contributed by atoms with Crippen molar-refractivity contribution in [3.8, 4) is 0 Å². The average Bonchev–Trinajstić information content (AvgIpc) is 2.27. The van der Waals surface area contributed by atoms with Gasteiger partial charge in [0, 0.05) is 18.6 Å². The minimum Gasteiger partial charge on any atom is -0.379 e. The Bertz CT molecular complexity index is 181. The molecule has 0 saturated heterocycles. The molecule has 0 aromatic carbocycles. The van der Waals surface area contributed by atoms with E-state index >= 15 is 0 Å². The van der Waals surface area contributed by atoms with Crippen molar-refractivity contribution in [2.45, 2.75) is 47.5 Å². The van der Waals surface area contributed by atoms with Crippen LogP contribution < -0.4 is 5.32 Å². The molecule has 0 bridgehead atoms. The lowest BCUT2D eigenvalue weighted by molar-refractivity contribution is 0.0143. The Morgan fingerprint density at radius 3 is 2.33 bits per heavy atom. The normalized spacial score (nSPS) is 12.3. The smallest absolute Gasteiger partial charge is 0.0700 e. The quantitative estimate of drug-likeness (QED) is 0.546. The van der Waals surface area contributed by atoms with Crippen molar-refractivity contribution in [3.63, 3.8) is 0 Å². The number of nitrogens with one attached hydrogen (secondary N) is 1. The monoisotopic (exact) mass is 259 g/mol. The third-order valence-electron chi connectivity index (χ3n) is 2.66. The standard InChI is InChI=1S/C15H33NO2/c1-6-7-8-17-9-10-18-13-15(4,5)12-16-11-14(2)3/h14,16H,6-13H2,1-5H3. The van der Waals surface area contributed by atoms with E-state index in [4.69, 9.17) is 9.47 Å². The average molecular weight is 259 g/mol. The minimum absolute atomic E-state index is 0.193. The zero-order chi connectivity index (χ0) is 13.9. The molecule has 0 unspecified atom stereocenters. The molecule has 3 nitrogen and oxygen atoms in total. The summed E-state index contributed by atoms with van der Waals surface area (Å²) in [6, 6.07) is 0. The van der Waals surface area contributed by atoms with Crippen LogP contribution in [0.2, 0.25) is 0 Å². The molecule has 0 aliphatic heterocycles. The maximum Gasteiger partial charge on any atom is 0.0700 e. The molecule has 0 aliphatic rings. The van der Waals surface area contributed by atoms with Crippen LogP contribution in [0.4, 0.5) is 0 Å². The summed E-state index contributed by atoms with van der Waals surface area (Å²) < 4.78 is 11.1. The van der Waals surface area contributed by atoms with Gasteiger partial charge in [-0.25, -0.2) is 0 Å². The molecule has 3 heteroatoms. The van der Waals surface area contributed by atoms with Crippen LogP contribution in [-0.4, -0.2) is 39.5 Å². The zero-order valence-electron chi connectivity index (χ0n) is 13.1. The number of ether oxygens (including phenoxy) is 2.